The molecule has 0 radical (unpaired) electrons. The van der Waals surface area contributed by atoms with Gasteiger partial charge < -0.3 is 14.9 Å². The maximum atomic E-state index is 14.2. The molecule has 4 rings (SSSR count). The smallest absolute Gasteiger partial charge is 0.417 e. The number of hydrogen-bond acceptors (Lipinski definition) is 6. The van der Waals surface area contributed by atoms with Crippen molar-refractivity contribution in [3.05, 3.63) is 63.7 Å². The highest BCUT2D eigenvalue weighted by Gasteiger charge is 2.44. The summed E-state index contributed by atoms with van der Waals surface area (Å²) in [6, 6.07) is 1.32. The van der Waals surface area contributed by atoms with E-state index in [4.69, 9.17) is 5.11 Å². The molecule has 0 atom stereocenters. The number of alkyl halides is 12. The van der Waals surface area contributed by atoms with Crippen LogP contribution in [-0.4, -0.2) is 44.4 Å². The monoisotopic (exact) mass is 748 g/mol. The van der Waals surface area contributed by atoms with Gasteiger partial charge in [0.2, 0.25) is 0 Å². The largest absolute Gasteiger partial charge is 0.481 e. The Morgan fingerprint density at radius 3 is 1.75 bits per heavy atom. The van der Waals surface area contributed by atoms with Gasteiger partial charge in [-0.2, -0.15) is 57.5 Å². The third kappa shape index (κ3) is 10.2. The van der Waals surface area contributed by atoms with Gasteiger partial charge in [0.15, 0.2) is 0 Å². The summed E-state index contributed by atoms with van der Waals surface area (Å²) in [5, 5.41) is 20.3. The third-order valence-corrected chi connectivity index (χ3v) is 8.62. The predicted octanol–water partition coefficient (Wildman–Crippen LogP) is 8.60. The minimum Gasteiger partial charge on any atom is -0.481 e. The molecule has 1 aromatic heterocycles. The number of aliphatic carboxylic acids is 1. The van der Waals surface area contributed by atoms with Gasteiger partial charge in [0.1, 0.15) is 0 Å². The summed E-state index contributed by atoms with van der Waals surface area (Å²) in [6.45, 7) is -0.0232. The molecule has 0 spiro atoms. The summed E-state index contributed by atoms with van der Waals surface area (Å²) in [6.07, 6.45) is -19.5. The molecule has 1 saturated carbocycles. The molecule has 0 amide bonds. The molecular weight excluding hydrogens is 716 g/mol. The number of aryl methyl sites for hydroxylation is 1. The van der Waals surface area contributed by atoms with Crippen molar-refractivity contribution in [1.82, 2.24) is 20.2 Å². The van der Waals surface area contributed by atoms with Crippen LogP contribution in [0.25, 0.3) is 0 Å². The van der Waals surface area contributed by atoms with Crippen LogP contribution in [-0.2, 0) is 49.6 Å². The van der Waals surface area contributed by atoms with E-state index in [1.165, 1.54) is 11.9 Å². The highest BCUT2D eigenvalue weighted by Crippen LogP contribution is 2.45. The molecule has 1 aliphatic carbocycles. The summed E-state index contributed by atoms with van der Waals surface area (Å²) >= 11 is 0. The van der Waals surface area contributed by atoms with Crippen LogP contribution in [0.4, 0.5) is 64.3 Å². The fourth-order valence-electron chi connectivity index (χ4n) is 6.23. The lowest BCUT2D eigenvalue weighted by Crippen LogP contribution is -2.34. The van der Waals surface area contributed by atoms with Crippen LogP contribution in [0.1, 0.15) is 72.4 Å². The second kappa shape index (κ2) is 14.8. The molecule has 0 bridgehead atoms. The first kappa shape index (κ1) is 39.5. The van der Waals surface area contributed by atoms with E-state index in [9.17, 15) is 57.5 Å². The van der Waals surface area contributed by atoms with E-state index in [1.807, 2.05) is 0 Å². The molecule has 51 heavy (non-hydrogen) atoms. The Kier molecular flexibility index (Phi) is 11.4. The lowest BCUT2D eigenvalue weighted by Gasteiger charge is -2.35. The fraction of sp³-hybridized carbons (Fsp3) is 0.548. The Labute approximate surface area is 283 Å². The van der Waals surface area contributed by atoms with Crippen molar-refractivity contribution >= 4 is 17.6 Å². The Morgan fingerprint density at radius 2 is 1.29 bits per heavy atom. The Bertz CT molecular complexity index is 1640. The highest BCUT2D eigenvalue weighted by molar-refractivity contribution is 5.67. The number of halogens is 12. The van der Waals surface area contributed by atoms with Crippen molar-refractivity contribution in [2.24, 2.45) is 18.9 Å². The molecule has 3 aromatic rings. The van der Waals surface area contributed by atoms with Crippen molar-refractivity contribution < 1.29 is 62.6 Å². The zero-order valence-electron chi connectivity index (χ0n) is 27.0. The Morgan fingerprint density at radius 1 is 0.765 bits per heavy atom. The number of hydrogen-bond donors (Lipinski definition) is 1. The molecule has 2 aromatic carbocycles. The summed E-state index contributed by atoms with van der Waals surface area (Å²) < 4.78 is 167. The SMILES string of the molecule is CCN(CC1CCC(CC(=O)O)CC1)c1cc(C(F)(F)F)c(C(F)(F)F)cc1CN(Cc1cc(C(F)(F)F)cc(C(F)(F)F)c1)c1nnn(C)n1. The second-order valence-electron chi connectivity index (χ2n) is 12.4. The fourth-order valence-corrected chi connectivity index (χ4v) is 6.23. The maximum absolute atomic E-state index is 14.2. The van der Waals surface area contributed by atoms with E-state index in [2.05, 4.69) is 15.4 Å². The molecule has 0 saturated heterocycles. The number of carboxylic acid groups (broad SMARTS) is 1. The predicted molar refractivity (Wildman–Crippen MR) is 157 cm³/mol. The minimum absolute atomic E-state index is 0.00329. The van der Waals surface area contributed by atoms with E-state index in [0.717, 1.165) is 9.70 Å². The van der Waals surface area contributed by atoms with Gasteiger partial charge in [-0.3, -0.25) is 4.79 Å². The lowest BCUT2D eigenvalue weighted by molar-refractivity contribution is -0.162. The van der Waals surface area contributed by atoms with Gasteiger partial charge in [0.05, 0.1) is 29.3 Å². The number of nitrogens with zero attached hydrogens (tertiary/aromatic N) is 6. The Hall–Kier alpha value is -4.26. The van der Waals surface area contributed by atoms with Gasteiger partial charge in [-0.15, -0.1) is 5.10 Å². The lowest BCUT2D eigenvalue weighted by atomic mass is 9.80. The molecule has 1 heterocycles. The second-order valence-corrected chi connectivity index (χ2v) is 12.4. The number of benzene rings is 2. The van der Waals surface area contributed by atoms with Crippen molar-refractivity contribution in [3.63, 3.8) is 0 Å². The van der Waals surface area contributed by atoms with Crippen molar-refractivity contribution in [1.29, 1.82) is 0 Å². The van der Waals surface area contributed by atoms with Crippen LogP contribution >= 0.6 is 0 Å². The van der Waals surface area contributed by atoms with E-state index in [-0.39, 0.29) is 49.2 Å². The van der Waals surface area contributed by atoms with Crippen LogP contribution in [0.2, 0.25) is 0 Å². The third-order valence-electron chi connectivity index (χ3n) is 8.62. The highest BCUT2D eigenvalue weighted by atomic mass is 19.4. The van der Waals surface area contributed by atoms with Crippen LogP contribution in [0, 0.1) is 11.8 Å². The Balaban J connectivity index is 1.83. The normalized spacial score (nSPS) is 17.5. The quantitative estimate of drug-likeness (QED) is 0.197. The summed E-state index contributed by atoms with van der Waals surface area (Å²) in [7, 11) is 1.26. The van der Waals surface area contributed by atoms with E-state index in [1.54, 1.807) is 6.92 Å². The number of carboxylic acids is 1. The number of carbonyl (C=O) groups is 1. The number of rotatable bonds is 11. The molecule has 1 aliphatic rings. The molecule has 8 nitrogen and oxygen atoms in total. The minimum atomic E-state index is -5.52. The molecule has 1 fully saturated rings. The zero-order chi connectivity index (χ0) is 38.1. The number of tetrazole rings is 1. The van der Waals surface area contributed by atoms with Gasteiger partial charge >= 0.3 is 30.7 Å². The van der Waals surface area contributed by atoms with Crippen molar-refractivity contribution in [3.8, 4) is 0 Å². The first-order valence-electron chi connectivity index (χ1n) is 15.5. The van der Waals surface area contributed by atoms with Crippen LogP contribution in [0.15, 0.2) is 30.3 Å². The summed E-state index contributed by atoms with van der Waals surface area (Å²) in [5.41, 5.74) is -8.67. The molecule has 0 unspecified atom stereocenters. The molecule has 0 aliphatic heterocycles. The van der Waals surface area contributed by atoms with Gasteiger partial charge in [-0.25, -0.2) is 0 Å². The number of anilines is 2. The molecule has 282 valence electrons. The summed E-state index contributed by atoms with van der Waals surface area (Å²) in [4.78, 5) is 14.3. The summed E-state index contributed by atoms with van der Waals surface area (Å²) in [5.74, 6) is -1.72. The van der Waals surface area contributed by atoms with Crippen LogP contribution in [0.3, 0.4) is 0 Å². The molecule has 20 heteroatoms. The van der Waals surface area contributed by atoms with Crippen molar-refractivity contribution in [2.45, 2.75) is 76.8 Å². The van der Waals surface area contributed by atoms with Gasteiger partial charge in [0.25, 0.3) is 5.95 Å². The maximum Gasteiger partial charge on any atom is 0.417 e. The van der Waals surface area contributed by atoms with E-state index in [0.29, 0.717) is 43.9 Å². The van der Waals surface area contributed by atoms with Gasteiger partial charge in [0, 0.05) is 38.3 Å². The van der Waals surface area contributed by atoms with Gasteiger partial charge in [-0.05, 0) is 91.1 Å². The first-order chi connectivity index (χ1) is 23.4. The van der Waals surface area contributed by atoms with E-state index < -0.39 is 83.1 Å². The standard InChI is InChI=1S/C31H32F12N6O2/c1-3-48(14-18-6-4-17(5-7-18)10-26(50)51)25-13-24(31(41,42)43)23(30(38,39)40)11-20(25)16-49(27-44-46-47(2)45-27)15-19-8-21(28(32,33)34)12-22(9-19)29(35,36)37/h8-9,11-13,17-18H,3-7,10,14-16H2,1-2H3,(H,50,51). The van der Waals surface area contributed by atoms with Gasteiger partial charge in [-0.1, -0.05) is 5.10 Å². The van der Waals surface area contributed by atoms with E-state index >= 15 is 0 Å². The molecule has 1 N–H and O–H groups in total. The van der Waals surface area contributed by atoms with Crippen LogP contribution < -0.4 is 9.80 Å². The topological polar surface area (TPSA) is 87.4 Å². The average Bonchev–Trinajstić information content (AvgIpc) is 3.44. The first-order valence-corrected chi connectivity index (χ1v) is 15.5. The molecular formula is C31H32F12N6O2. The zero-order valence-corrected chi connectivity index (χ0v) is 27.0. The van der Waals surface area contributed by atoms with Crippen LogP contribution in [0.5, 0.6) is 0 Å². The van der Waals surface area contributed by atoms with Crippen molar-refractivity contribution in [2.75, 3.05) is 22.9 Å². The average molecular weight is 749 g/mol. The number of aromatic nitrogens is 4.